The molecule has 0 aliphatic rings. The van der Waals surface area contributed by atoms with E-state index in [0.29, 0.717) is 5.56 Å². The number of nitrogens with one attached hydrogen (secondary N) is 2. The summed E-state index contributed by atoms with van der Waals surface area (Å²) in [7, 11) is 0. The standard InChI is InChI=1S/C24H35F2N3O5/c1-14(2)12-17(27)20(31)24(25,26)19(22(33)34-23(4,5)6)29-21(32)15(3)28-18(30)13-16-10-8-7-9-11-16/h7-11,14-15,17,19H,12-13,27H2,1-6H3,(H,28,30)(H,29,32)/t15-,17?,19?/m1/s1. The second-order valence-electron chi connectivity index (χ2n) is 9.65. The third kappa shape index (κ3) is 9.17. The van der Waals surface area contributed by atoms with E-state index in [9.17, 15) is 19.2 Å². The molecule has 2 unspecified atom stereocenters. The molecule has 1 aromatic carbocycles. The lowest BCUT2D eigenvalue weighted by molar-refractivity contribution is -0.175. The number of benzene rings is 1. The number of alkyl halides is 2. The van der Waals surface area contributed by atoms with Crippen LogP contribution in [0.4, 0.5) is 8.78 Å². The smallest absolute Gasteiger partial charge is 0.337 e. The molecule has 0 radical (unpaired) electrons. The van der Waals surface area contributed by atoms with E-state index < -0.39 is 53.2 Å². The van der Waals surface area contributed by atoms with E-state index in [1.165, 1.54) is 27.7 Å². The van der Waals surface area contributed by atoms with Gasteiger partial charge in [0.1, 0.15) is 11.6 Å². The number of esters is 1. The summed E-state index contributed by atoms with van der Waals surface area (Å²) < 4.78 is 35.3. The maximum absolute atomic E-state index is 15.1. The number of carbonyl (C=O) groups excluding carboxylic acids is 4. The van der Waals surface area contributed by atoms with Gasteiger partial charge >= 0.3 is 11.9 Å². The zero-order valence-electron chi connectivity index (χ0n) is 20.5. The van der Waals surface area contributed by atoms with Gasteiger partial charge in [0.2, 0.25) is 17.6 Å². The number of hydrogen-bond acceptors (Lipinski definition) is 6. The SMILES string of the molecule is CC(C)CC(N)C(=O)C(F)(F)C(NC(=O)[C@@H](C)NC(=O)Cc1ccccc1)C(=O)OC(C)(C)C. The number of ketones is 1. The first-order valence-corrected chi connectivity index (χ1v) is 11.1. The minimum absolute atomic E-state index is 0.0324. The first kappa shape index (κ1) is 29.2. The summed E-state index contributed by atoms with van der Waals surface area (Å²) in [6.45, 7) is 9.06. The second-order valence-corrected chi connectivity index (χ2v) is 9.65. The quantitative estimate of drug-likeness (QED) is 0.414. The van der Waals surface area contributed by atoms with Gasteiger partial charge in [0, 0.05) is 0 Å². The highest BCUT2D eigenvalue weighted by molar-refractivity contribution is 5.99. The molecular weight excluding hydrogens is 448 g/mol. The minimum atomic E-state index is -4.33. The lowest BCUT2D eigenvalue weighted by Gasteiger charge is -2.30. The highest BCUT2D eigenvalue weighted by Crippen LogP contribution is 2.26. The van der Waals surface area contributed by atoms with Gasteiger partial charge in [-0.15, -0.1) is 0 Å². The van der Waals surface area contributed by atoms with Crippen molar-refractivity contribution < 1.29 is 32.7 Å². The van der Waals surface area contributed by atoms with Crippen LogP contribution in [0.25, 0.3) is 0 Å². The van der Waals surface area contributed by atoms with E-state index in [1.54, 1.807) is 44.2 Å². The molecule has 0 saturated carbocycles. The lowest BCUT2D eigenvalue weighted by atomic mass is 9.94. The first-order valence-electron chi connectivity index (χ1n) is 11.1. The third-order valence-electron chi connectivity index (χ3n) is 4.66. The van der Waals surface area contributed by atoms with Crippen LogP contribution in [-0.2, 0) is 30.3 Å². The number of rotatable bonds is 11. The van der Waals surface area contributed by atoms with Gasteiger partial charge in [0.15, 0.2) is 6.04 Å². The molecule has 8 nitrogen and oxygen atoms in total. The van der Waals surface area contributed by atoms with Crippen molar-refractivity contribution >= 4 is 23.6 Å². The Hall–Kier alpha value is -2.88. The number of Topliss-reactive ketones (excluding diaryl/α,β-unsaturated/α-hetero) is 1. The molecule has 0 aliphatic carbocycles. The highest BCUT2D eigenvalue weighted by atomic mass is 19.3. The summed E-state index contributed by atoms with van der Waals surface area (Å²) in [6, 6.07) is 3.28. The van der Waals surface area contributed by atoms with E-state index in [2.05, 4.69) is 5.32 Å². The zero-order chi connectivity index (χ0) is 26.3. The molecule has 34 heavy (non-hydrogen) atoms. The number of nitrogens with two attached hydrogens (primary N) is 1. The van der Waals surface area contributed by atoms with Gasteiger partial charge < -0.3 is 21.1 Å². The van der Waals surface area contributed by atoms with Crippen LogP contribution in [0.3, 0.4) is 0 Å². The molecule has 1 rings (SSSR count). The van der Waals surface area contributed by atoms with E-state index in [1.807, 2.05) is 5.32 Å². The van der Waals surface area contributed by atoms with Crippen molar-refractivity contribution in [2.75, 3.05) is 0 Å². The van der Waals surface area contributed by atoms with Gasteiger partial charge in [-0.05, 0) is 45.6 Å². The number of amides is 2. The Morgan fingerprint density at radius 2 is 1.56 bits per heavy atom. The Kier molecular flexibility index (Phi) is 10.3. The van der Waals surface area contributed by atoms with E-state index >= 15 is 8.78 Å². The van der Waals surface area contributed by atoms with Crippen LogP contribution in [0.1, 0.15) is 53.5 Å². The van der Waals surface area contributed by atoms with Gasteiger partial charge in [-0.3, -0.25) is 14.4 Å². The molecule has 0 aromatic heterocycles. The van der Waals surface area contributed by atoms with E-state index in [4.69, 9.17) is 10.5 Å². The average Bonchev–Trinajstić information content (AvgIpc) is 2.69. The molecule has 0 saturated heterocycles. The number of ether oxygens (including phenoxy) is 1. The van der Waals surface area contributed by atoms with Crippen molar-refractivity contribution in [1.29, 1.82) is 0 Å². The Labute approximate surface area is 199 Å². The summed E-state index contributed by atoms with van der Waals surface area (Å²) in [5.74, 6) is -9.26. The van der Waals surface area contributed by atoms with Crippen molar-refractivity contribution in [2.24, 2.45) is 11.7 Å². The van der Waals surface area contributed by atoms with Crippen molar-refractivity contribution in [2.45, 2.75) is 84.0 Å². The Bertz CT molecular complexity index is 869. The van der Waals surface area contributed by atoms with Crippen molar-refractivity contribution in [1.82, 2.24) is 10.6 Å². The topological polar surface area (TPSA) is 128 Å². The van der Waals surface area contributed by atoms with Gasteiger partial charge in [-0.1, -0.05) is 44.2 Å². The molecule has 3 atom stereocenters. The molecule has 190 valence electrons. The predicted octanol–water partition coefficient (Wildman–Crippen LogP) is 2.14. The molecule has 1 aromatic rings. The van der Waals surface area contributed by atoms with Crippen LogP contribution in [0.5, 0.6) is 0 Å². The molecule has 0 bridgehead atoms. The maximum Gasteiger partial charge on any atom is 0.337 e. The molecule has 0 heterocycles. The third-order valence-corrected chi connectivity index (χ3v) is 4.66. The summed E-state index contributed by atoms with van der Waals surface area (Å²) >= 11 is 0. The van der Waals surface area contributed by atoms with E-state index in [0.717, 1.165) is 0 Å². The largest absolute Gasteiger partial charge is 0.458 e. The molecule has 0 aliphatic heterocycles. The molecule has 0 spiro atoms. The fourth-order valence-electron chi connectivity index (χ4n) is 3.07. The Morgan fingerprint density at radius 3 is 2.06 bits per heavy atom. The summed E-state index contributed by atoms with van der Waals surface area (Å²) in [4.78, 5) is 49.9. The zero-order valence-corrected chi connectivity index (χ0v) is 20.5. The number of hydrogen-bond donors (Lipinski definition) is 3. The monoisotopic (exact) mass is 483 g/mol. The predicted molar refractivity (Wildman–Crippen MR) is 123 cm³/mol. The lowest BCUT2D eigenvalue weighted by Crippen LogP contribution is -2.62. The summed E-state index contributed by atoms with van der Waals surface area (Å²) in [5.41, 5.74) is 5.18. The summed E-state index contributed by atoms with van der Waals surface area (Å²) in [6.07, 6.45) is -0.0675. The normalized spacial score (nSPS) is 14.6. The second kappa shape index (κ2) is 12.0. The summed E-state index contributed by atoms with van der Waals surface area (Å²) in [5, 5.41) is 4.28. The van der Waals surface area contributed by atoms with Crippen molar-refractivity contribution in [3.8, 4) is 0 Å². The fraction of sp³-hybridized carbons (Fsp3) is 0.583. The van der Waals surface area contributed by atoms with E-state index in [-0.39, 0.29) is 18.8 Å². The van der Waals surface area contributed by atoms with Gasteiger partial charge in [-0.25, -0.2) is 4.79 Å². The maximum atomic E-state index is 15.1. The van der Waals surface area contributed by atoms with Crippen molar-refractivity contribution in [3.63, 3.8) is 0 Å². The molecule has 10 heteroatoms. The minimum Gasteiger partial charge on any atom is -0.458 e. The molecule has 4 N–H and O–H groups in total. The van der Waals surface area contributed by atoms with Gasteiger partial charge in [-0.2, -0.15) is 8.78 Å². The van der Waals surface area contributed by atoms with Crippen LogP contribution in [-0.4, -0.2) is 53.2 Å². The average molecular weight is 484 g/mol. The number of halogens is 2. The Morgan fingerprint density at radius 1 is 1.00 bits per heavy atom. The van der Waals surface area contributed by atoms with Gasteiger partial charge in [0.25, 0.3) is 0 Å². The van der Waals surface area contributed by atoms with Crippen LogP contribution < -0.4 is 16.4 Å². The number of carbonyl (C=O) groups is 4. The van der Waals surface area contributed by atoms with Crippen LogP contribution in [0.2, 0.25) is 0 Å². The van der Waals surface area contributed by atoms with Crippen LogP contribution in [0, 0.1) is 5.92 Å². The Balaban J connectivity index is 3.03. The van der Waals surface area contributed by atoms with Crippen LogP contribution >= 0.6 is 0 Å². The van der Waals surface area contributed by atoms with Crippen LogP contribution in [0.15, 0.2) is 30.3 Å². The molecule has 2 amide bonds. The highest BCUT2D eigenvalue weighted by Gasteiger charge is 2.54. The fourth-order valence-corrected chi connectivity index (χ4v) is 3.07. The van der Waals surface area contributed by atoms with Gasteiger partial charge in [0.05, 0.1) is 12.5 Å². The van der Waals surface area contributed by atoms with Crippen molar-refractivity contribution in [3.05, 3.63) is 35.9 Å². The molecular formula is C24H35F2N3O5. The first-order chi connectivity index (χ1) is 15.5. The molecule has 0 fully saturated rings.